The number of aromatic nitrogens is 3. The second-order valence-electron chi connectivity index (χ2n) is 6.25. The Morgan fingerprint density at radius 3 is 1.67 bits per heavy atom. The lowest BCUT2D eigenvalue weighted by Crippen LogP contribution is -2.07. The predicted octanol–water partition coefficient (Wildman–Crippen LogP) is 4.51. The maximum atomic E-state index is 9.36. The summed E-state index contributed by atoms with van der Waals surface area (Å²) in [6, 6.07) is 25.9. The number of hydrogen-bond donors (Lipinski definition) is 4. The van der Waals surface area contributed by atoms with Crippen LogP contribution in [0, 0.1) is 0 Å². The normalized spacial score (nSPS) is 10.7. The number of hydrazone groups is 1. The van der Waals surface area contributed by atoms with Crippen LogP contribution in [0.1, 0.15) is 5.56 Å². The van der Waals surface area contributed by atoms with Crippen LogP contribution in [-0.2, 0) is 0 Å². The molecule has 8 nitrogen and oxygen atoms in total. The molecule has 0 saturated heterocycles. The summed E-state index contributed by atoms with van der Waals surface area (Å²) < 4.78 is 0. The van der Waals surface area contributed by atoms with Crippen molar-refractivity contribution in [3.63, 3.8) is 0 Å². The van der Waals surface area contributed by atoms with E-state index in [4.69, 9.17) is 0 Å². The Hall–Kier alpha value is -4.46. The van der Waals surface area contributed by atoms with Crippen LogP contribution in [0.2, 0.25) is 0 Å². The minimum atomic E-state index is 0.200. The number of phenolic OH excluding ortho intramolecular Hbond substituents is 1. The first-order valence-electron chi connectivity index (χ1n) is 9.23. The van der Waals surface area contributed by atoms with Crippen LogP contribution in [0.5, 0.6) is 5.75 Å². The van der Waals surface area contributed by atoms with Gasteiger partial charge in [0.25, 0.3) is 0 Å². The Kier molecular flexibility index (Phi) is 5.76. The second kappa shape index (κ2) is 9.16. The number of nitrogens with one attached hydrogen (secondary N) is 3. The van der Waals surface area contributed by atoms with Crippen LogP contribution in [0.25, 0.3) is 0 Å². The van der Waals surface area contributed by atoms with E-state index >= 15 is 0 Å². The van der Waals surface area contributed by atoms with Gasteiger partial charge in [0, 0.05) is 11.4 Å². The lowest BCUT2D eigenvalue weighted by Gasteiger charge is -2.10. The van der Waals surface area contributed by atoms with Gasteiger partial charge in [-0.15, -0.1) is 0 Å². The van der Waals surface area contributed by atoms with E-state index in [1.54, 1.807) is 30.5 Å². The molecule has 148 valence electrons. The second-order valence-corrected chi connectivity index (χ2v) is 6.25. The molecule has 4 aromatic rings. The molecule has 30 heavy (non-hydrogen) atoms. The Bertz CT molecular complexity index is 1060. The Labute approximate surface area is 173 Å². The summed E-state index contributed by atoms with van der Waals surface area (Å²) in [6.07, 6.45) is 1.61. The van der Waals surface area contributed by atoms with Gasteiger partial charge in [-0.05, 0) is 54.1 Å². The zero-order valence-electron chi connectivity index (χ0n) is 15.9. The summed E-state index contributed by atoms with van der Waals surface area (Å²) in [5.41, 5.74) is 5.35. The van der Waals surface area contributed by atoms with Gasteiger partial charge in [-0.25, -0.2) is 5.43 Å². The summed E-state index contributed by atoms with van der Waals surface area (Å²) in [6.45, 7) is 0. The molecule has 0 radical (unpaired) electrons. The first-order chi connectivity index (χ1) is 14.7. The quantitative estimate of drug-likeness (QED) is 0.268. The lowest BCUT2D eigenvalue weighted by atomic mass is 10.2. The number of para-hydroxylation sites is 2. The number of benzene rings is 3. The molecular weight excluding hydrogens is 378 g/mol. The third kappa shape index (κ3) is 5.29. The maximum absolute atomic E-state index is 9.36. The fraction of sp³-hybridized carbons (Fsp3) is 0. The number of phenols is 1. The van der Waals surface area contributed by atoms with Crippen LogP contribution in [-0.4, -0.2) is 26.3 Å². The molecule has 4 N–H and O–H groups in total. The predicted molar refractivity (Wildman–Crippen MR) is 119 cm³/mol. The lowest BCUT2D eigenvalue weighted by molar-refractivity contribution is 0.475. The van der Waals surface area contributed by atoms with Crippen molar-refractivity contribution in [1.82, 2.24) is 15.0 Å². The van der Waals surface area contributed by atoms with Crippen LogP contribution >= 0.6 is 0 Å². The van der Waals surface area contributed by atoms with E-state index in [0.29, 0.717) is 11.9 Å². The fourth-order valence-corrected chi connectivity index (χ4v) is 2.56. The summed E-state index contributed by atoms with van der Waals surface area (Å²) in [7, 11) is 0. The number of nitrogens with zero attached hydrogens (tertiary/aromatic N) is 4. The standard InChI is InChI=1S/C22H19N7O/c30-19-13-11-16(12-14-19)15-23-29-22-27-20(24-17-7-3-1-4-8-17)26-21(28-22)25-18-9-5-2-6-10-18/h1-15,30H,(H3,24,25,26,27,28,29)/b23-15+. The van der Waals surface area contributed by atoms with Gasteiger partial charge in [0.1, 0.15) is 5.75 Å². The molecule has 1 heterocycles. The summed E-state index contributed by atoms with van der Waals surface area (Å²) in [4.78, 5) is 13.2. The van der Waals surface area contributed by atoms with Crippen molar-refractivity contribution in [2.24, 2.45) is 5.10 Å². The van der Waals surface area contributed by atoms with E-state index in [0.717, 1.165) is 16.9 Å². The topological polar surface area (TPSA) is 107 Å². The molecule has 4 rings (SSSR count). The molecular formula is C22H19N7O. The molecule has 0 aliphatic carbocycles. The molecule has 0 bridgehead atoms. The minimum absolute atomic E-state index is 0.200. The molecule has 0 fully saturated rings. The summed E-state index contributed by atoms with van der Waals surface area (Å²) >= 11 is 0. The van der Waals surface area contributed by atoms with Gasteiger partial charge < -0.3 is 15.7 Å². The van der Waals surface area contributed by atoms with E-state index in [1.165, 1.54) is 0 Å². The molecule has 0 aliphatic rings. The number of aromatic hydroxyl groups is 1. The number of hydrogen-bond acceptors (Lipinski definition) is 8. The molecule has 3 aromatic carbocycles. The van der Waals surface area contributed by atoms with Gasteiger partial charge in [0.2, 0.25) is 17.8 Å². The van der Waals surface area contributed by atoms with Gasteiger partial charge >= 0.3 is 0 Å². The third-order valence-corrected chi connectivity index (χ3v) is 3.97. The Morgan fingerprint density at radius 2 is 1.13 bits per heavy atom. The highest BCUT2D eigenvalue weighted by Gasteiger charge is 2.07. The van der Waals surface area contributed by atoms with Gasteiger partial charge in [-0.3, -0.25) is 0 Å². The van der Waals surface area contributed by atoms with Crippen molar-refractivity contribution in [2.45, 2.75) is 0 Å². The number of rotatable bonds is 7. The minimum Gasteiger partial charge on any atom is -0.508 e. The highest BCUT2D eigenvalue weighted by Crippen LogP contribution is 2.18. The molecule has 0 atom stereocenters. The van der Waals surface area contributed by atoms with Crippen LogP contribution < -0.4 is 16.1 Å². The molecule has 0 aliphatic heterocycles. The van der Waals surface area contributed by atoms with Crippen molar-refractivity contribution in [3.8, 4) is 5.75 Å². The van der Waals surface area contributed by atoms with Crippen LogP contribution in [0.15, 0.2) is 90.0 Å². The van der Waals surface area contributed by atoms with Crippen molar-refractivity contribution >= 4 is 35.4 Å². The Balaban J connectivity index is 1.56. The molecule has 0 amide bonds. The fourth-order valence-electron chi connectivity index (χ4n) is 2.56. The van der Waals surface area contributed by atoms with Gasteiger partial charge in [0.05, 0.1) is 6.21 Å². The van der Waals surface area contributed by atoms with Crippen LogP contribution in [0.3, 0.4) is 0 Å². The first-order valence-corrected chi connectivity index (χ1v) is 9.23. The smallest absolute Gasteiger partial charge is 0.250 e. The van der Waals surface area contributed by atoms with E-state index < -0.39 is 0 Å². The monoisotopic (exact) mass is 397 g/mol. The third-order valence-electron chi connectivity index (χ3n) is 3.97. The average molecular weight is 397 g/mol. The SMILES string of the molecule is Oc1ccc(/C=N/Nc2nc(Nc3ccccc3)nc(Nc3ccccc3)n2)cc1. The Morgan fingerprint density at radius 1 is 0.633 bits per heavy atom. The molecule has 8 heteroatoms. The largest absolute Gasteiger partial charge is 0.508 e. The highest BCUT2D eigenvalue weighted by molar-refractivity contribution is 5.80. The first kappa shape index (κ1) is 18.9. The zero-order valence-corrected chi connectivity index (χ0v) is 15.9. The van der Waals surface area contributed by atoms with E-state index in [9.17, 15) is 5.11 Å². The highest BCUT2D eigenvalue weighted by atomic mass is 16.3. The van der Waals surface area contributed by atoms with Gasteiger partial charge in [-0.2, -0.15) is 20.1 Å². The van der Waals surface area contributed by atoms with Crippen molar-refractivity contribution in [1.29, 1.82) is 0 Å². The van der Waals surface area contributed by atoms with Crippen molar-refractivity contribution in [3.05, 3.63) is 90.5 Å². The van der Waals surface area contributed by atoms with Gasteiger partial charge in [-0.1, -0.05) is 36.4 Å². The van der Waals surface area contributed by atoms with E-state index in [2.05, 4.69) is 36.1 Å². The maximum Gasteiger partial charge on any atom is 0.250 e. The zero-order chi connectivity index (χ0) is 20.6. The summed E-state index contributed by atoms with van der Waals surface area (Å²) in [5.74, 6) is 1.22. The van der Waals surface area contributed by atoms with E-state index in [1.807, 2.05) is 60.7 Å². The molecule has 0 unspecified atom stereocenters. The average Bonchev–Trinajstić information content (AvgIpc) is 2.76. The summed E-state index contributed by atoms with van der Waals surface area (Å²) in [5, 5.41) is 19.9. The van der Waals surface area contributed by atoms with E-state index in [-0.39, 0.29) is 11.7 Å². The number of anilines is 5. The van der Waals surface area contributed by atoms with Crippen molar-refractivity contribution in [2.75, 3.05) is 16.1 Å². The molecule has 1 aromatic heterocycles. The van der Waals surface area contributed by atoms with Gasteiger partial charge in [0.15, 0.2) is 0 Å². The van der Waals surface area contributed by atoms with Crippen LogP contribution in [0.4, 0.5) is 29.2 Å². The molecule has 0 saturated carbocycles. The molecule has 0 spiro atoms. The van der Waals surface area contributed by atoms with Crippen molar-refractivity contribution < 1.29 is 5.11 Å².